The van der Waals surface area contributed by atoms with Crippen LogP contribution in [0.4, 0.5) is 0 Å². The Bertz CT molecular complexity index is 610. The van der Waals surface area contributed by atoms with Gasteiger partial charge in [-0.05, 0) is 32.3 Å². The number of hydrogen-bond acceptors (Lipinski definition) is 3. The van der Waals surface area contributed by atoms with E-state index in [1.807, 2.05) is 38.1 Å². The zero-order chi connectivity index (χ0) is 15.6. The standard InChI is InChI=1S/C15H22N2O3S/c1-11-6-8-13(9-7-11)12(2)16-15(18)14-5-4-10-17(14)21(3,19)20/h6-9,12,14H,4-5,10H2,1-3H3,(H,16,18). The third-order valence-corrected chi connectivity index (χ3v) is 5.16. The molecule has 2 atom stereocenters. The minimum Gasteiger partial charge on any atom is -0.348 e. The fourth-order valence-corrected chi connectivity index (χ4v) is 3.77. The highest BCUT2D eigenvalue weighted by Gasteiger charge is 2.36. The van der Waals surface area contributed by atoms with E-state index in [9.17, 15) is 13.2 Å². The summed E-state index contributed by atoms with van der Waals surface area (Å²) in [5, 5.41) is 2.91. The van der Waals surface area contributed by atoms with Crippen LogP contribution in [0.15, 0.2) is 24.3 Å². The first kappa shape index (κ1) is 16.0. The average Bonchev–Trinajstić information content (AvgIpc) is 2.88. The largest absolute Gasteiger partial charge is 0.348 e. The van der Waals surface area contributed by atoms with E-state index >= 15 is 0 Å². The predicted molar refractivity (Wildman–Crippen MR) is 82.3 cm³/mol. The first-order valence-electron chi connectivity index (χ1n) is 7.13. The molecule has 1 aromatic carbocycles. The maximum Gasteiger partial charge on any atom is 0.238 e. The van der Waals surface area contributed by atoms with Crippen molar-refractivity contribution in [2.75, 3.05) is 12.8 Å². The molecule has 1 saturated heterocycles. The van der Waals surface area contributed by atoms with Crippen LogP contribution in [0.3, 0.4) is 0 Å². The molecule has 21 heavy (non-hydrogen) atoms. The first-order chi connectivity index (χ1) is 9.79. The normalized spacial score (nSPS) is 21.2. The zero-order valence-electron chi connectivity index (χ0n) is 12.7. The van der Waals surface area contributed by atoms with Gasteiger partial charge in [0.25, 0.3) is 0 Å². The van der Waals surface area contributed by atoms with Crippen molar-refractivity contribution in [3.8, 4) is 0 Å². The third kappa shape index (κ3) is 3.83. The van der Waals surface area contributed by atoms with E-state index in [0.29, 0.717) is 13.0 Å². The van der Waals surface area contributed by atoms with Crippen LogP contribution in [-0.2, 0) is 14.8 Å². The molecule has 0 radical (unpaired) electrons. The number of nitrogens with one attached hydrogen (secondary N) is 1. The highest BCUT2D eigenvalue weighted by atomic mass is 32.2. The van der Waals surface area contributed by atoms with Crippen LogP contribution in [0, 0.1) is 6.92 Å². The van der Waals surface area contributed by atoms with E-state index < -0.39 is 16.1 Å². The molecular formula is C15H22N2O3S. The van der Waals surface area contributed by atoms with Crippen LogP contribution < -0.4 is 5.32 Å². The highest BCUT2D eigenvalue weighted by molar-refractivity contribution is 7.88. The predicted octanol–water partition coefficient (Wildman–Crippen LogP) is 1.60. The van der Waals surface area contributed by atoms with Crippen molar-refractivity contribution in [1.29, 1.82) is 0 Å². The van der Waals surface area contributed by atoms with Crippen LogP contribution in [0.1, 0.15) is 36.9 Å². The molecule has 116 valence electrons. The van der Waals surface area contributed by atoms with Crippen molar-refractivity contribution in [3.05, 3.63) is 35.4 Å². The van der Waals surface area contributed by atoms with Crippen molar-refractivity contribution in [1.82, 2.24) is 9.62 Å². The molecule has 1 aliphatic rings. The van der Waals surface area contributed by atoms with E-state index in [0.717, 1.165) is 23.8 Å². The van der Waals surface area contributed by atoms with Gasteiger partial charge in [-0.1, -0.05) is 29.8 Å². The summed E-state index contributed by atoms with van der Waals surface area (Å²) < 4.78 is 24.7. The summed E-state index contributed by atoms with van der Waals surface area (Å²) in [6.07, 6.45) is 2.46. The van der Waals surface area contributed by atoms with E-state index in [1.54, 1.807) is 0 Å². The van der Waals surface area contributed by atoms with Crippen molar-refractivity contribution >= 4 is 15.9 Å². The molecule has 0 aromatic heterocycles. The van der Waals surface area contributed by atoms with Gasteiger partial charge < -0.3 is 5.32 Å². The zero-order valence-corrected chi connectivity index (χ0v) is 13.5. The van der Waals surface area contributed by atoms with Gasteiger partial charge >= 0.3 is 0 Å². The fraction of sp³-hybridized carbons (Fsp3) is 0.533. The van der Waals surface area contributed by atoms with Gasteiger partial charge in [-0.3, -0.25) is 4.79 Å². The van der Waals surface area contributed by atoms with Crippen LogP contribution in [0.25, 0.3) is 0 Å². The minimum atomic E-state index is -3.33. The molecule has 1 fully saturated rings. The molecular weight excluding hydrogens is 288 g/mol. The number of aryl methyl sites for hydroxylation is 1. The minimum absolute atomic E-state index is 0.139. The number of carbonyl (C=O) groups excluding carboxylic acids is 1. The second-order valence-corrected chi connectivity index (χ2v) is 7.61. The smallest absolute Gasteiger partial charge is 0.238 e. The molecule has 1 amide bonds. The van der Waals surface area contributed by atoms with Crippen LogP contribution >= 0.6 is 0 Å². The summed E-state index contributed by atoms with van der Waals surface area (Å²) >= 11 is 0. The van der Waals surface area contributed by atoms with Gasteiger partial charge in [-0.2, -0.15) is 4.31 Å². The number of amides is 1. The summed E-state index contributed by atoms with van der Waals surface area (Å²) in [7, 11) is -3.33. The Morgan fingerprint density at radius 3 is 2.52 bits per heavy atom. The van der Waals surface area contributed by atoms with Crippen LogP contribution in [0.5, 0.6) is 0 Å². The van der Waals surface area contributed by atoms with Gasteiger partial charge in [-0.15, -0.1) is 0 Å². The Morgan fingerprint density at radius 2 is 1.95 bits per heavy atom. The Labute approximate surface area is 126 Å². The number of rotatable bonds is 4. The van der Waals surface area contributed by atoms with Crippen molar-refractivity contribution < 1.29 is 13.2 Å². The molecule has 6 heteroatoms. The van der Waals surface area contributed by atoms with Crippen molar-refractivity contribution in [2.24, 2.45) is 0 Å². The van der Waals surface area contributed by atoms with Gasteiger partial charge in [0, 0.05) is 6.54 Å². The maximum absolute atomic E-state index is 12.3. The number of benzene rings is 1. The maximum atomic E-state index is 12.3. The lowest BCUT2D eigenvalue weighted by molar-refractivity contribution is -0.124. The molecule has 0 saturated carbocycles. The van der Waals surface area contributed by atoms with Gasteiger partial charge in [0.1, 0.15) is 6.04 Å². The van der Waals surface area contributed by atoms with Gasteiger partial charge in [0.15, 0.2) is 0 Å². The molecule has 0 aliphatic carbocycles. The lowest BCUT2D eigenvalue weighted by atomic mass is 10.1. The third-order valence-electron chi connectivity index (χ3n) is 3.87. The number of hydrogen-bond donors (Lipinski definition) is 1. The Kier molecular flexibility index (Phi) is 4.68. The molecule has 1 N–H and O–H groups in total. The number of sulfonamides is 1. The Balaban J connectivity index is 2.05. The monoisotopic (exact) mass is 310 g/mol. The van der Waals surface area contributed by atoms with Crippen LogP contribution in [-0.4, -0.2) is 37.5 Å². The van der Waals surface area contributed by atoms with E-state index in [1.165, 1.54) is 4.31 Å². The van der Waals surface area contributed by atoms with Crippen molar-refractivity contribution in [2.45, 2.75) is 38.8 Å². The molecule has 1 aliphatic heterocycles. The Hall–Kier alpha value is -1.40. The molecule has 0 spiro atoms. The molecule has 5 nitrogen and oxygen atoms in total. The Morgan fingerprint density at radius 1 is 1.33 bits per heavy atom. The lowest BCUT2D eigenvalue weighted by Crippen LogP contribution is -2.46. The molecule has 2 rings (SSSR count). The summed E-state index contributed by atoms with van der Waals surface area (Å²) in [6.45, 7) is 4.34. The number of nitrogens with zero attached hydrogens (tertiary/aromatic N) is 1. The average molecular weight is 310 g/mol. The molecule has 1 aromatic rings. The fourth-order valence-electron chi connectivity index (χ4n) is 2.65. The first-order valence-corrected chi connectivity index (χ1v) is 8.97. The SMILES string of the molecule is Cc1ccc(C(C)NC(=O)C2CCCN2S(C)(=O)=O)cc1. The summed E-state index contributed by atoms with van der Waals surface area (Å²) in [4.78, 5) is 12.3. The summed E-state index contributed by atoms with van der Waals surface area (Å²) in [5.41, 5.74) is 2.18. The van der Waals surface area contributed by atoms with Gasteiger partial charge in [0.05, 0.1) is 12.3 Å². The lowest BCUT2D eigenvalue weighted by Gasteiger charge is -2.23. The topological polar surface area (TPSA) is 66.5 Å². The molecule has 1 heterocycles. The van der Waals surface area contributed by atoms with E-state index in [2.05, 4.69) is 5.32 Å². The quantitative estimate of drug-likeness (QED) is 0.918. The molecule has 0 bridgehead atoms. The highest BCUT2D eigenvalue weighted by Crippen LogP contribution is 2.22. The second kappa shape index (κ2) is 6.15. The van der Waals surface area contributed by atoms with Gasteiger partial charge in [-0.25, -0.2) is 8.42 Å². The van der Waals surface area contributed by atoms with Gasteiger partial charge in [0.2, 0.25) is 15.9 Å². The second-order valence-electron chi connectivity index (χ2n) is 5.67. The van der Waals surface area contributed by atoms with E-state index in [4.69, 9.17) is 0 Å². The van der Waals surface area contributed by atoms with E-state index in [-0.39, 0.29) is 11.9 Å². The van der Waals surface area contributed by atoms with Crippen LogP contribution in [0.2, 0.25) is 0 Å². The molecule has 2 unspecified atom stereocenters. The van der Waals surface area contributed by atoms with Crippen molar-refractivity contribution in [3.63, 3.8) is 0 Å². The summed E-state index contributed by atoms with van der Waals surface area (Å²) in [5.74, 6) is -0.217. The summed E-state index contributed by atoms with van der Waals surface area (Å²) in [6, 6.07) is 7.23. The number of carbonyl (C=O) groups is 1.